The minimum absolute atomic E-state index is 0.0407. The van der Waals surface area contributed by atoms with E-state index in [1.54, 1.807) is 23.7 Å². The molecule has 2 atom stereocenters. The van der Waals surface area contributed by atoms with Gasteiger partial charge in [-0.15, -0.1) is 0 Å². The third kappa shape index (κ3) is 5.78. The fourth-order valence-corrected chi connectivity index (χ4v) is 1.84. The van der Waals surface area contributed by atoms with Gasteiger partial charge in [0.1, 0.15) is 0 Å². The average Bonchev–Trinajstić information content (AvgIpc) is 2.28. The highest BCUT2D eigenvalue weighted by Crippen LogP contribution is 2.03. The Morgan fingerprint density at radius 1 is 1.53 bits per heavy atom. The van der Waals surface area contributed by atoms with Gasteiger partial charge in [-0.25, -0.2) is 9.59 Å². The van der Waals surface area contributed by atoms with Crippen molar-refractivity contribution in [2.24, 2.45) is 0 Å². The topological polar surface area (TPSA) is 78.9 Å². The number of urea groups is 1. The maximum absolute atomic E-state index is 11.7. The first kappa shape index (κ1) is 16.1. The van der Waals surface area contributed by atoms with E-state index in [1.807, 2.05) is 13.2 Å². The summed E-state index contributed by atoms with van der Waals surface area (Å²) in [7, 11) is 2.98. The lowest BCUT2D eigenvalue weighted by atomic mass is 10.3. The summed E-state index contributed by atoms with van der Waals surface area (Å²) in [5.74, 6) is -0.260. The summed E-state index contributed by atoms with van der Waals surface area (Å²) in [5, 5.41) is 11.3. The number of carbonyl (C=O) groups excluding carboxylic acids is 1. The van der Waals surface area contributed by atoms with Gasteiger partial charge in [0, 0.05) is 26.0 Å². The third-order valence-electron chi connectivity index (χ3n) is 2.39. The number of carboxylic acid groups (broad SMARTS) is 1. The van der Waals surface area contributed by atoms with Crippen molar-refractivity contribution in [3.05, 3.63) is 0 Å². The van der Waals surface area contributed by atoms with Gasteiger partial charge in [0.25, 0.3) is 0 Å². The first-order chi connectivity index (χ1) is 7.93. The number of rotatable bonds is 7. The molecule has 0 spiro atoms. The molecule has 0 fully saturated rings. The smallest absolute Gasteiger partial charge is 0.334 e. The highest BCUT2D eigenvalue weighted by atomic mass is 32.2. The molecule has 0 bridgehead atoms. The van der Waals surface area contributed by atoms with Crippen LogP contribution >= 0.6 is 11.8 Å². The standard InChI is InChI=1S/C10H20N2O4S/c1-7(6-17-4)12(2)10(15)11-5-8(16-3)9(13)14/h7-8H,5-6H2,1-4H3,(H,11,15)(H,13,14). The summed E-state index contributed by atoms with van der Waals surface area (Å²) >= 11 is 1.65. The first-order valence-electron chi connectivity index (χ1n) is 5.19. The zero-order valence-electron chi connectivity index (χ0n) is 10.6. The molecule has 0 saturated carbocycles. The summed E-state index contributed by atoms with van der Waals surface area (Å²) < 4.78 is 4.71. The minimum Gasteiger partial charge on any atom is -0.479 e. The van der Waals surface area contributed by atoms with Crippen LogP contribution in [0, 0.1) is 0 Å². The van der Waals surface area contributed by atoms with Crippen LogP contribution in [0.15, 0.2) is 0 Å². The molecule has 0 aliphatic heterocycles. The zero-order valence-corrected chi connectivity index (χ0v) is 11.4. The van der Waals surface area contributed by atoms with Gasteiger partial charge in [0.05, 0.1) is 6.54 Å². The van der Waals surface area contributed by atoms with E-state index in [-0.39, 0.29) is 18.6 Å². The van der Waals surface area contributed by atoms with Crippen LogP contribution in [0.25, 0.3) is 0 Å². The van der Waals surface area contributed by atoms with Gasteiger partial charge in [-0.3, -0.25) is 0 Å². The lowest BCUT2D eigenvalue weighted by Crippen LogP contribution is -2.47. The van der Waals surface area contributed by atoms with Crippen LogP contribution in [0.5, 0.6) is 0 Å². The van der Waals surface area contributed by atoms with E-state index < -0.39 is 12.1 Å². The Balaban J connectivity index is 4.12. The Bertz CT molecular complexity index is 263. The highest BCUT2D eigenvalue weighted by Gasteiger charge is 2.20. The summed E-state index contributed by atoms with van der Waals surface area (Å²) in [5.41, 5.74) is 0. The van der Waals surface area contributed by atoms with E-state index in [4.69, 9.17) is 9.84 Å². The fraction of sp³-hybridized carbons (Fsp3) is 0.800. The van der Waals surface area contributed by atoms with E-state index in [0.717, 1.165) is 5.75 Å². The van der Waals surface area contributed by atoms with Crippen molar-refractivity contribution in [2.75, 3.05) is 32.7 Å². The van der Waals surface area contributed by atoms with Crippen molar-refractivity contribution in [1.29, 1.82) is 0 Å². The van der Waals surface area contributed by atoms with Crippen molar-refractivity contribution in [3.8, 4) is 0 Å². The molecule has 2 N–H and O–H groups in total. The summed E-state index contributed by atoms with van der Waals surface area (Å²) in [4.78, 5) is 23.9. The molecule has 0 aromatic heterocycles. The number of carboxylic acids is 1. The molecular weight excluding hydrogens is 244 g/mol. The first-order valence-corrected chi connectivity index (χ1v) is 6.58. The minimum atomic E-state index is -1.09. The van der Waals surface area contributed by atoms with Gasteiger partial charge >= 0.3 is 12.0 Å². The largest absolute Gasteiger partial charge is 0.479 e. The van der Waals surface area contributed by atoms with Crippen LogP contribution < -0.4 is 5.32 Å². The molecule has 0 aliphatic rings. The molecule has 0 heterocycles. The normalized spacial score (nSPS) is 13.9. The number of thioether (sulfide) groups is 1. The van der Waals surface area contributed by atoms with E-state index in [1.165, 1.54) is 7.11 Å². The van der Waals surface area contributed by atoms with Gasteiger partial charge in [-0.05, 0) is 13.2 Å². The summed E-state index contributed by atoms with van der Waals surface area (Å²) in [6.07, 6.45) is 0.955. The van der Waals surface area contributed by atoms with Crippen molar-refractivity contribution in [2.45, 2.75) is 19.1 Å². The Morgan fingerprint density at radius 2 is 2.12 bits per heavy atom. The molecule has 0 aromatic rings. The summed E-state index contributed by atoms with van der Waals surface area (Å²) in [6, 6.07) is -0.203. The summed E-state index contributed by atoms with van der Waals surface area (Å²) in [6.45, 7) is 1.89. The molecule has 2 unspecified atom stereocenters. The van der Waals surface area contributed by atoms with Crippen LogP contribution in [0.4, 0.5) is 4.79 Å². The quantitative estimate of drug-likeness (QED) is 0.699. The number of hydrogen-bond donors (Lipinski definition) is 2. The second-order valence-corrected chi connectivity index (χ2v) is 4.57. The van der Waals surface area contributed by atoms with Crippen LogP contribution in [0.3, 0.4) is 0 Å². The SMILES string of the molecule is COC(CNC(=O)N(C)C(C)CSC)C(=O)O. The number of amides is 2. The Morgan fingerprint density at radius 3 is 2.53 bits per heavy atom. The van der Waals surface area contributed by atoms with Crippen molar-refractivity contribution >= 4 is 23.8 Å². The monoisotopic (exact) mass is 264 g/mol. The molecule has 17 heavy (non-hydrogen) atoms. The number of ether oxygens (including phenoxy) is 1. The maximum Gasteiger partial charge on any atom is 0.334 e. The van der Waals surface area contributed by atoms with Gasteiger partial charge in [-0.2, -0.15) is 11.8 Å². The lowest BCUT2D eigenvalue weighted by molar-refractivity contribution is -0.148. The molecule has 0 aromatic carbocycles. The predicted octanol–water partition coefficient (Wildman–Crippen LogP) is 0.479. The van der Waals surface area contributed by atoms with Crippen molar-refractivity contribution < 1.29 is 19.4 Å². The average molecular weight is 264 g/mol. The number of methoxy groups -OCH3 is 1. The third-order valence-corrected chi connectivity index (χ3v) is 3.20. The predicted molar refractivity (Wildman–Crippen MR) is 67.4 cm³/mol. The molecule has 2 amide bonds. The Labute approximate surface area is 106 Å². The second-order valence-electron chi connectivity index (χ2n) is 3.66. The maximum atomic E-state index is 11.7. The molecule has 6 nitrogen and oxygen atoms in total. The van der Waals surface area contributed by atoms with Crippen LogP contribution in [-0.2, 0) is 9.53 Å². The molecule has 0 saturated heterocycles. The Hall–Kier alpha value is -0.950. The second kappa shape index (κ2) is 8.19. The fourth-order valence-electron chi connectivity index (χ4n) is 1.13. The van der Waals surface area contributed by atoms with Gasteiger partial charge < -0.3 is 20.1 Å². The molecular formula is C10H20N2O4S. The number of aliphatic carboxylic acids is 1. The highest BCUT2D eigenvalue weighted by molar-refractivity contribution is 7.98. The van der Waals surface area contributed by atoms with Gasteiger partial charge in [0.2, 0.25) is 0 Å². The van der Waals surface area contributed by atoms with E-state index in [9.17, 15) is 9.59 Å². The van der Waals surface area contributed by atoms with E-state index >= 15 is 0 Å². The van der Waals surface area contributed by atoms with Crippen LogP contribution in [0.1, 0.15) is 6.92 Å². The number of carbonyl (C=O) groups is 2. The lowest BCUT2D eigenvalue weighted by Gasteiger charge is -2.25. The van der Waals surface area contributed by atoms with E-state index in [2.05, 4.69) is 5.32 Å². The molecule has 7 heteroatoms. The number of hydrogen-bond acceptors (Lipinski definition) is 4. The van der Waals surface area contributed by atoms with Gasteiger partial charge in [0.15, 0.2) is 6.10 Å². The Kier molecular flexibility index (Phi) is 7.73. The molecule has 100 valence electrons. The molecule has 0 rings (SSSR count). The van der Waals surface area contributed by atoms with Crippen molar-refractivity contribution in [1.82, 2.24) is 10.2 Å². The van der Waals surface area contributed by atoms with Gasteiger partial charge in [-0.1, -0.05) is 0 Å². The number of nitrogens with zero attached hydrogens (tertiary/aromatic N) is 1. The molecule has 0 radical (unpaired) electrons. The van der Waals surface area contributed by atoms with Crippen molar-refractivity contribution in [3.63, 3.8) is 0 Å². The zero-order chi connectivity index (χ0) is 13.4. The number of nitrogens with one attached hydrogen (secondary N) is 1. The van der Waals surface area contributed by atoms with E-state index in [0.29, 0.717) is 0 Å². The molecule has 0 aliphatic carbocycles. The van der Waals surface area contributed by atoms with Crippen LogP contribution in [0.2, 0.25) is 0 Å². The van der Waals surface area contributed by atoms with Crippen LogP contribution in [-0.4, -0.2) is 66.9 Å².